The Labute approximate surface area is 116 Å². The van der Waals surface area contributed by atoms with E-state index in [1.54, 1.807) is 0 Å². The molecule has 0 spiro atoms. The van der Waals surface area contributed by atoms with E-state index in [0.29, 0.717) is 6.04 Å². The van der Waals surface area contributed by atoms with Crippen molar-refractivity contribution in [1.29, 1.82) is 0 Å². The van der Waals surface area contributed by atoms with E-state index >= 15 is 0 Å². The summed E-state index contributed by atoms with van der Waals surface area (Å²) in [6.45, 7) is 9.81. The number of aryl methyl sites for hydroxylation is 1. The van der Waals surface area contributed by atoms with Crippen LogP contribution in [-0.2, 0) is 6.54 Å². The Kier molecular flexibility index (Phi) is 4.59. The van der Waals surface area contributed by atoms with Crippen molar-refractivity contribution in [3.63, 3.8) is 0 Å². The Morgan fingerprint density at radius 3 is 2.84 bits per heavy atom. The summed E-state index contributed by atoms with van der Waals surface area (Å²) < 4.78 is 2.18. The van der Waals surface area contributed by atoms with Crippen molar-refractivity contribution in [2.45, 2.75) is 53.1 Å². The second kappa shape index (κ2) is 6.20. The minimum atomic E-state index is 0.545. The SMILES string of the molecule is CCC(C)CC(C)NCc1c(C)nc2ccccn12. The van der Waals surface area contributed by atoms with Gasteiger partial charge in [0.25, 0.3) is 0 Å². The van der Waals surface area contributed by atoms with Crippen LogP contribution in [0.15, 0.2) is 24.4 Å². The molecule has 0 saturated heterocycles. The van der Waals surface area contributed by atoms with Gasteiger partial charge in [-0.1, -0.05) is 26.3 Å². The molecule has 2 aromatic heterocycles. The molecule has 2 heterocycles. The summed E-state index contributed by atoms with van der Waals surface area (Å²) in [5, 5.41) is 3.62. The van der Waals surface area contributed by atoms with Gasteiger partial charge in [-0.3, -0.25) is 0 Å². The van der Waals surface area contributed by atoms with Gasteiger partial charge in [0.2, 0.25) is 0 Å². The van der Waals surface area contributed by atoms with Crippen LogP contribution in [-0.4, -0.2) is 15.4 Å². The van der Waals surface area contributed by atoms with Gasteiger partial charge in [-0.15, -0.1) is 0 Å². The molecule has 0 radical (unpaired) electrons. The van der Waals surface area contributed by atoms with Gasteiger partial charge in [-0.2, -0.15) is 0 Å². The lowest BCUT2D eigenvalue weighted by atomic mass is 10.0. The number of hydrogen-bond donors (Lipinski definition) is 1. The van der Waals surface area contributed by atoms with Gasteiger partial charge < -0.3 is 9.72 Å². The molecule has 0 aliphatic carbocycles. The maximum atomic E-state index is 4.59. The van der Waals surface area contributed by atoms with Gasteiger partial charge in [0.1, 0.15) is 5.65 Å². The van der Waals surface area contributed by atoms with Gasteiger partial charge in [0.05, 0.1) is 11.4 Å². The maximum absolute atomic E-state index is 4.59. The van der Waals surface area contributed by atoms with Crippen LogP contribution in [0, 0.1) is 12.8 Å². The summed E-state index contributed by atoms with van der Waals surface area (Å²) in [5.74, 6) is 0.783. The van der Waals surface area contributed by atoms with E-state index in [9.17, 15) is 0 Å². The van der Waals surface area contributed by atoms with Gasteiger partial charge in [-0.25, -0.2) is 4.98 Å². The smallest absolute Gasteiger partial charge is 0.137 e. The highest BCUT2D eigenvalue weighted by Crippen LogP contribution is 2.13. The molecule has 2 atom stereocenters. The number of rotatable bonds is 6. The van der Waals surface area contributed by atoms with Crippen LogP contribution >= 0.6 is 0 Å². The third-order valence-electron chi connectivity index (χ3n) is 3.90. The van der Waals surface area contributed by atoms with Crippen molar-refractivity contribution < 1.29 is 0 Å². The van der Waals surface area contributed by atoms with Crippen LogP contribution in [0.3, 0.4) is 0 Å². The van der Waals surface area contributed by atoms with E-state index in [-0.39, 0.29) is 0 Å². The van der Waals surface area contributed by atoms with Gasteiger partial charge in [0, 0.05) is 18.8 Å². The van der Waals surface area contributed by atoms with Crippen LogP contribution < -0.4 is 5.32 Å². The number of nitrogens with zero attached hydrogens (tertiary/aromatic N) is 2. The van der Waals surface area contributed by atoms with Gasteiger partial charge >= 0.3 is 0 Å². The highest BCUT2D eigenvalue weighted by molar-refractivity contribution is 5.42. The number of hydrogen-bond acceptors (Lipinski definition) is 2. The number of fused-ring (bicyclic) bond motifs is 1. The monoisotopic (exact) mass is 259 g/mol. The summed E-state index contributed by atoms with van der Waals surface area (Å²) in [6, 6.07) is 6.69. The molecule has 1 N–H and O–H groups in total. The van der Waals surface area contributed by atoms with Crippen molar-refractivity contribution in [2.24, 2.45) is 5.92 Å². The minimum Gasteiger partial charge on any atom is -0.309 e. The first-order chi connectivity index (χ1) is 9.11. The average Bonchev–Trinajstić information content (AvgIpc) is 2.71. The lowest BCUT2D eigenvalue weighted by molar-refractivity contribution is 0.410. The first-order valence-electron chi connectivity index (χ1n) is 7.27. The van der Waals surface area contributed by atoms with Crippen molar-refractivity contribution in [1.82, 2.24) is 14.7 Å². The van der Waals surface area contributed by atoms with Gasteiger partial charge in [0.15, 0.2) is 0 Å². The Bertz CT molecular complexity index is 530. The van der Waals surface area contributed by atoms with Crippen LogP contribution in [0.1, 0.15) is 45.0 Å². The second-order valence-electron chi connectivity index (χ2n) is 5.60. The lowest BCUT2D eigenvalue weighted by Crippen LogP contribution is -2.28. The topological polar surface area (TPSA) is 29.3 Å². The molecule has 2 unspecified atom stereocenters. The first-order valence-corrected chi connectivity index (χ1v) is 7.27. The van der Waals surface area contributed by atoms with Crippen molar-refractivity contribution in [3.8, 4) is 0 Å². The molecule has 0 aliphatic rings. The summed E-state index contributed by atoms with van der Waals surface area (Å²) >= 11 is 0. The molecule has 0 bridgehead atoms. The molecule has 19 heavy (non-hydrogen) atoms. The molecule has 0 fully saturated rings. The van der Waals surface area contributed by atoms with E-state index in [1.165, 1.54) is 18.5 Å². The normalized spacial score (nSPS) is 14.7. The molecule has 104 valence electrons. The van der Waals surface area contributed by atoms with Crippen LogP contribution in [0.25, 0.3) is 5.65 Å². The zero-order chi connectivity index (χ0) is 13.8. The zero-order valence-corrected chi connectivity index (χ0v) is 12.5. The number of imidazole rings is 1. The number of aromatic nitrogens is 2. The molecule has 0 saturated carbocycles. The summed E-state index contributed by atoms with van der Waals surface area (Å²) in [7, 11) is 0. The fourth-order valence-electron chi connectivity index (χ4n) is 2.50. The first kappa shape index (κ1) is 14.1. The van der Waals surface area contributed by atoms with E-state index in [2.05, 4.69) is 60.7 Å². The Morgan fingerprint density at radius 2 is 2.11 bits per heavy atom. The van der Waals surface area contributed by atoms with E-state index in [0.717, 1.165) is 23.8 Å². The number of pyridine rings is 1. The van der Waals surface area contributed by atoms with Gasteiger partial charge in [-0.05, 0) is 38.3 Å². The minimum absolute atomic E-state index is 0.545. The molecule has 0 aromatic carbocycles. The van der Waals surface area contributed by atoms with E-state index in [1.807, 2.05) is 6.07 Å². The molecule has 0 amide bonds. The molecule has 2 aromatic rings. The molecule has 3 nitrogen and oxygen atoms in total. The molecule has 2 rings (SSSR count). The Balaban J connectivity index is 2.03. The lowest BCUT2D eigenvalue weighted by Gasteiger charge is -2.17. The third-order valence-corrected chi connectivity index (χ3v) is 3.90. The second-order valence-corrected chi connectivity index (χ2v) is 5.60. The summed E-state index contributed by atoms with van der Waals surface area (Å²) in [4.78, 5) is 4.59. The van der Waals surface area contributed by atoms with Crippen molar-refractivity contribution >= 4 is 5.65 Å². The molecular formula is C16H25N3. The van der Waals surface area contributed by atoms with Crippen LogP contribution in [0.4, 0.5) is 0 Å². The average molecular weight is 259 g/mol. The van der Waals surface area contributed by atoms with Crippen molar-refractivity contribution in [2.75, 3.05) is 0 Å². The maximum Gasteiger partial charge on any atom is 0.137 e. The number of nitrogens with one attached hydrogen (secondary N) is 1. The largest absolute Gasteiger partial charge is 0.309 e. The Hall–Kier alpha value is -1.35. The third kappa shape index (κ3) is 3.35. The fourth-order valence-corrected chi connectivity index (χ4v) is 2.50. The Morgan fingerprint density at radius 1 is 1.32 bits per heavy atom. The highest BCUT2D eigenvalue weighted by atomic mass is 15.0. The molecule has 0 aliphatic heterocycles. The summed E-state index contributed by atoms with van der Waals surface area (Å²) in [5.41, 5.74) is 3.42. The summed E-state index contributed by atoms with van der Waals surface area (Å²) in [6.07, 6.45) is 4.57. The molecular weight excluding hydrogens is 234 g/mol. The molecule has 3 heteroatoms. The highest BCUT2D eigenvalue weighted by Gasteiger charge is 2.11. The quantitative estimate of drug-likeness (QED) is 0.859. The van der Waals surface area contributed by atoms with E-state index in [4.69, 9.17) is 0 Å². The zero-order valence-electron chi connectivity index (χ0n) is 12.5. The predicted octanol–water partition coefficient (Wildman–Crippen LogP) is 3.56. The van der Waals surface area contributed by atoms with E-state index < -0.39 is 0 Å². The van der Waals surface area contributed by atoms with Crippen LogP contribution in [0.2, 0.25) is 0 Å². The fraction of sp³-hybridized carbons (Fsp3) is 0.562. The predicted molar refractivity (Wildman–Crippen MR) is 80.3 cm³/mol. The standard InChI is InChI=1S/C16H25N3/c1-5-12(2)10-13(3)17-11-15-14(4)18-16-8-6-7-9-19(15)16/h6-9,12-13,17H,5,10-11H2,1-4H3. The van der Waals surface area contributed by atoms with Crippen LogP contribution in [0.5, 0.6) is 0 Å². The van der Waals surface area contributed by atoms with Crippen molar-refractivity contribution in [3.05, 3.63) is 35.8 Å².